The highest BCUT2D eigenvalue weighted by molar-refractivity contribution is 6.04. The van der Waals surface area contributed by atoms with E-state index in [-0.39, 0.29) is 76.7 Å². The van der Waals surface area contributed by atoms with Crippen LogP contribution in [0, 0.1) is 23.4 Å². The average Bonchev–Trinajstić information content (AvgIpc) is 3.44. The first-order valence-electron chi connectivity index (χ1n) is 16.3. The van der Waals surface area contributed by atoms with Gasteiger partial charge in [-0.05, 0) is 49.4 Å². The first-order valence-corrected chi connectivity index (χ1v) is 15.3. The van der Waals surface area contributed by atoms with Crippen LogP contribution in [0.1, 0.15) is 22.0 Å². The number of alkyl halides is 2. The van der Waals surface area contributed by atoms with Crippen LogP contribution < -0.4 is 20.1 Å². The SMILES string of the molecule is [2H]C([2H])(F)Oc1c(F)c(F)cc2cc(N)cc(-c3ncc4c(N5CCOC[C@H]6[C@H](F)[C@H]65)nc(OC[C@@]56CCCN5CC(=C)C6)nc4c3F)c12. The zero-order valence-electron chi connectivity index (χ0n) is 27.0. The van der Waals surface area contributed by atoms with E-state index in [1.807, 2.05) is 0 Å². The predicted octanol–water partition coefficient (Wildman–Crippen LogP) is 5.50. The van der Waals surface area contributed by atoms with Gasteiger partial charge in [0.1, 0.15) is 32.5 Å². The first-order chi connectivity index (χ1) is 23.3. The van der Waals surface area contributed by atoms with E-state index >= 15 is 8.78 Å². The largest absolute Gasteiger partial charge is 0.461 e. The second kappa shape index (κ2) is 11.2. The third-order valence-electron chi connectivity index (χ3n) is 9.81. The van der Waals surface area contributed by atoms with E-state index < -0.39 is 53.8 Å². The molecule has 5 heterocycles. The van der Waals surface area contributed by atoms with E-state index in [0.717, 1.165) is 44.0 Å². The van der Waals surface area contributed by atoms with Crippen LogP contribution in [0.15, 0.2) is 36.5 Å². The van der Waals surface area contributed by atoms with Crippen molar-refractivity contribution in [3.8, 4) is 23.0 Å². The molecule has 1 aliphatic carbocycles. The number of pyridine rings is 1. The van der Waals surface area contributed by atoms with E-state index in [1.54, 1.807) is 4.90 Å². The normalized spacial score (nSPS) is 26.6. The van der Waals surface area contributed by atoms with Gasteiger partial charge in [0.15, 0.2) is 17.4 Å². The first kappa shape index (κ1) is 27.8. The Morgan fingerprint density at radius 3 is 2.83 bits per heavy atom. The third kappa shape index (κ3) is 4.83. The highest BCUT2D eigenvalue weighted by atomic mass is 19.2. The maximum absolute atomic E-state index is 16.9. The van der Waals surface area contributed by atoms with Gasteiger partial charge in [0.05, 0.1) is 30.2 Å². The lowest BCUT2D eigenvalue weighted by atomic mass is 9.94. The standard InChI is InChI=1S/C33H31F5N6O3/c1-16-10-33(3-2-4-43(33)12-16)14-46-32-41-28-20(31(42-32)44-5-6-45-13-21-24(36)29(21)44)11-40-27(26(28)38)19-9-18(39)7-17-8-22(35)25(37)30(23(17)19)47-15-34/h7-9,11,21,24,29H,1-6,10,12-15,39H2/t21-,24-,29-,33-/m0/s1/i15D2. The van der Waals surface area contributed by atoms with Crippen molar-refractivity contribution in [3.63, 3.8) is 0 Å². The molecule has 47 heavy (non-hydrogen) atoms. The summed E-state index contributed by atoms with van der Waals surface area (Å²) < 4.78 is 106. The number of nitrogens with zero attached hydrogens (tertiary/aromatic N) is 5. The number of nitrogen functional groups attached to an aromatic ring is 1. The summed E-state index contributed by atoms with van der Waals surface area (Å²) in [6.07, 6.45) is 2.66. The van der Waals surface area contributed by atoms with Crippen molar-refractivity contribution in [1.82, 2.24) is 19.9 Å². The van der Waals surface area contributed by atoms with Crippen molar-refractivity contribution in [2.75, 3.05) is 56.9 Å². The molecule has 1 saturated carbocycles. The van der Waals surface area contributed by atoms with Crippen molar-refractivity contribution >= 4 is 33.2 Å². The Morgan fingerprint density at radius 2 is 2.00 bits per heavy atom. The van der Waals surface area contributed by atoms with Crippen LogP contribution >= 0.6 is 0 Å². The van der Waals surface area contributed by atoms with E-state index in [1.165, 1.54) is 18.3 Å². The molecule has 2 aromatic heterocycles. The lowest BCUT2D eigenvalue weighted by molar-refractivity contribution is 0.108. The Kier molecular flexibility index (Phi) is 6.59. The van der Waals surface area contributed by atoms with E-state index in [0.29, 0.717) is 0 Å². The molecule has 4 aromatic rings. The van der Waals surface area contributed by atoms with Crippen LogP contribution in [0.5, 0.6) is 11.8 Å². The quantitative estimate of drug-likeness (QED) is 0.157. The van der Waals surface area contributed by atoms with Gasteiger partial charge < -0.3 is 24.8 Å². The summed E-state index contributed by atoms with van der Waals surface area (Å²) in [6.45, 7) is 2.83. The lowest BCUT2D eigenvalue weighted by Gasteiger charge is -2.31. The predicted molar refractivity (Wildman–Crippen MR) is 164 cm³/mol. The number of aromatic nitrogens is 3. The molecular formula is C33H31F5N6O3. The molecule has 4 atom stereocenters. The summed E-state index contributed by atoms with van der Waals surface area (Å²) in [5.74, 6) is -5.54. The molecule has 3 saturated heterocycles. The molecule has 9 nitrogen and oxygen atoms in total. The average molecular weight is 657 g/mol. The minimum atomic E-state index is -3.92. The molecule has 0 bridgehead atoms. The molecule has 8 rings (SSSR count). The van der Waals surface area contributed by atoms with E-state index in [2.05, 4.69) is 31.2 Å². The van der Waals surface area contributed by atoms with Crippen molar-refractivity contribution in [1.29, 1.82) is 0 Å². The lowest BCUT2D eigenvalue weighted by Crippen LogP contribution is -2.43. The topological polar surface area (TPSA) is 98.9 Å². The second-order valence-corrected chi connectivity index (χ2v) is 12.7. The van der Waals surface area contributed by atoms with Gasteiger partial charge in [0.2, 0.25) is 12.6 Å². The number of halogens is 5. The fraction of sp³-hybridized carbons (Fsp3) is 0.424. The van der Waals surface area contributed by atoms with Gasteiger partial charge in [-0.1, -0.05) is 12.2 Å². The number of rotatable bonds is 7. The minimum Gasteiger partial charge on any atom is -0.461 e. The van der Waals surface area contributed by atoms with Gasteiger partial charge in [0, 0.05) is 41.8 Å². The summed E-state index contributed by atoms with van der Waals surface area (Å²) in [4.78, 5) is 17.4. The summed E-state index contributed by atoms with van der Waals surface area (Å²) >= 11 is 0. The number of nitrogens with two attached hydrogens (primary N) is 1. The Labute approximate surface area is 268 Å². The monoisotopic (exact) mass is 656 g/mol. The van der Waals surface area contributed by atoms with Crippen LogP contribution in [0.2, 0.25) is 0 Å². The fourth-order valence-electron chi connectivity index (χ4n) is 7.62. The highest BCUT2D eigenvalue weighted by Crippen LogP contribution is 2.46. The molecule has 0 spiro atoms. The van der Waals surface area contributed by atoms with Gasteiger partial charge in [-0.25, -0.2) is 17.6 Å². The Bertz CT molecular complexity index is 2040. The minimum absolute atomic E-state index is 0.00623. The van der Waals surface area contributed by atoms with Gasteiger partial charge >= 0.3 is 6.01 Å². The molecule has 2 aromatic carbocycles. The van der Waals surface area contributed by atoms with Crippen LogP contribution in [0.3, 0.4) is 0 Å². The third-order valence-corrected chi connectivity index (χ3v) is 9.81. The Balaban J connectivity index is 1.30. The van der Waals surface area contributed by atoms with Gasteiger partial charge in [-0.3, -0.25) is 9.88 Å². The molecular weight excluding hydrogens is 623 g/mol. The zero-order chi connectivity index (χ0) is 34.4. The molecule has 0 radical (unpaired) electrons. The molecule has 4 aliphatic rings. The van der Waals surface area contributed by atoms with Gasteiger partial charge in [-0.2, -0.15) is 14.4 Å². The van der Waals surface area contributed by atoms with Crippen LogP contribution in [0.25, 0.3) is 32.9 Å². The van der Waals surface area contributed by atoms with Crippen LogP contribution in [-0.2, 0) is 4.74 Å². The number of anilines is 2. The summed E-state index contributed by atoms with van der Waals surface area (Å²) in [5, 5.41) is -0.372. The molecule has 3 aliphatic heterocycles. The smallest absolute Gasteiger partial charge is 0.319 e. The Morgan fingerprint density at radius 1 is 1.15 bits per heavy atom. The van der Waals surface area contributed by atoms with Gasteiger partial charge in [0.25, 0.3) is 0 Å². The summed E-state index contributed by atoms with van der Waals surface area (Å²) in [6, 6.07) is 2.45. The van der Waals surface area contributed by atoms with Crippen LogP contribution in [0.4, 0.5) is 33.5 Å². The number of hydrogen-bond acceptors (Lipinski definition) is 9. The zero-order valence-corrected chi connectivity index (χ0v) is 25.0. The van der Waals surface area contributed by atoms with Gasteiger partial charge in [-0.15, -0.1) is 0 Å². The number of benzene rings is 2. The molecule has 4 fully saturated rings. The number of fused-ring (bicyclic) bond motifs is 4. The molecule has 0 amide bonds. The van der Waals surface area contributed by atoms with E-state index in [4.69, 9.17) is 17.9 Å². The fourth-order valence-corrected chi connectivity index (χ4v) is 7.62. The summed E-state index contributed by atoms with van der Waals surface area (Å²) in [7, 11) is 0. The maximum Gasteiger partial charge on any atom is 0.319 e. The van der Waals surface area contributed by atoms with Crippen molar-refractivity contribution in [2.24, 2.45) is 5.92 Å². The van der Waals surface area contributed by atoms with E-state index in [9.17, 15) is 13.2 Å². The molecule has 246 valence electrons. The number of ether oxygens (including phenoxy) is 3. The molecule has 0 unspecified atom stereocenters. The molecule has 2 N–H and O–H groups in total. The summed E-state index contributed by atoms with van der Waals surface area (Å²) in [5.41, 5.74) is 5.88. The van der Waals surface area contributed by atoms with Crippen LogP contribution in [-0.4, -0.2) is 83.9 Å². The Hall–Kier alpha value is -4.30. The van der Waals surface area contributed by atoms with Crippen molar-refractivity contribution in [2.45, 2.75) is 37.0 Å². The maximum atomic E-state index is 16.9. The van der Waals surface area contributed by atoms with Crippen molar-refractivity contribution < 1.29 is 38.9 Å². The highest BCUT2D eigenvalue weighted by Gasteiger charge is 2.56. The molecule has 14 heteroatoms. The second-order valence-electron chi connectivity index (χ2n) is 12.7. The van der Waals surface area contributed by atoms with Crippen molar-refractivity contribution in [3.05, 3.63) is 54.0 Å². The number of hydrogen-bond donors (Lipinski definition) is 1.